The van der Waals surface area contributed by atoms with Gasteiger partial charge in [-0.2, -0.15) is 0 Å². The van der Waals surface area contributed by atoms with E-state index >= 15 is 0 Å². The molecule has 0 saturated carbocycles. The van der Waals surface area contributed by atoms with Gasteiger partial charge in [0.1, 0.15) is 17.4 Å². The van der Waals surface area contributed by atoms with E-state index in [1.54, 1.807) is 32.9 Å². The topological polar surface area (TPSA) is 98.9 Å². The molecule has 172 valence electrons. The van der Waals surface area contributed by atoms with Crippen LogP contribution in [-0.4, -0.2) is 42.6 Å². The van der Waals surface area contributed by atoms with E-state index in [1.165, 1.54) is 4.90 Å². The Labute approximate surface area is 186 Å². The van der Waals surface area contributed by atoms with Crippen LogP contribution in [0.1, 0.15) is 70.3 Å². The highest BCUT2D eigenvalue weighted by molar-refractivity contribution is 6.74. The smallest absolute Gasteiger partial charge is 0.306 e. The molecule has 2 rings (SSSR count). The maximum absolute atomic E-state index is 12.9. The minimum atomic E-state index is -2.02. The van der Waals surface area contributed by atoms with Crippen molar-refractivity contribution in [2.45, 2.75) is 90.7 Å². The molecule has 1 aromatic rings. The Kier molecular flexibility index (Phi) is 6.95. The first-order chi connectivity index (χ1) is 14.0. The first kappa shape index (κ1) is 24.9. The van der Waals surface area contributed by atoms with Crippen molar-refractivity contribution < 1.29 is 23.5 Å². The lowest BCUT2D eigenvalue weighted by atomic mass is 10.1. The molecular weight excluding hydrogens is 412 g/mol. The zero-order chi connectivity index (χ0) is 23.8. The van der Waals surface area contributed by atoms with Crippen LogP contribution in [0, 0.1) is 0 Å². The minimum Gasteiger partial charge on any atom is -0.543 e. The summed E-state index contributed by atoms with van der Waals surface area (Å²) in [5.41, 5.74) is 6.30. The summed E-state index contributed by atoms with van der Waals surface area (Å²) in [6, 6.07) is 4.55. The fourth-order valence-electron chi connectivity index (χ4n) is 3.18. The third-order valence-corrected chi connectivity index (χ3v) is 10.2. The monoisotopic (exact) mass is 448 g/mol. The molecule has 0 fully saturated rings. The van der Waals surface area contributed by atoms with E-state index < -0.39 is 31.8 Å². The van der Waals surface area contributed by atoms with Crippen LogP contribution >= 0.6 is 0 Å². The number of carbonyl (C=O) groups is 3. The van der Waals surface area contributed by atoms with Gasteiger partial charge in [-0.3, -0.25) is 14.4 Å². The molecule has 31 heavy (non-hydrogen) atoms. The van der Waals surface area contributed by atoms with Crippen LogP contribution in [0.4, 0.5) is 0 Å². The highest BCUT2D eigenvalue weighted by atomic mass is 28.4. The van der Waals surface area contributed by atoms with Crippen molar-refractivity contribution >= 4 is 26.1 Å². The van der Waals surface area contributed by atoms with E-state index in [0.29, 0.717) is 5.56 Å². The summed E-state index contributed by atoms with van der Waals surface area (Å²) >= 11 is 0. The molecule has 1 aromatic carbocycles. The predicted molar refractivity (Wildman–Crippen MR) is 122 cm³/mol. The molecule has 7 nitrogen and oxygen atoms in total. The molecule has 0 radical (unpaired) electrons. The highest BCUT2D eigenvalue weighted by Gasteiger charge is 2.40. The summed E-state index contributed by atoms with van der Waals surface area (Å²) in [4.78, 5) is 38.6. The summed E-state index contributed by atoms with van der Waals surface area (Å²) in [7, 11) is -2.02. The van der Waals surface area contributed by atoms with E-state index in [0.717, 1.165) is 11.3 Å². The van der Waals surface area contributed by atoms with Crippen LogP contribution in [0.25, 0.3) is 0 Å². The van der Waals surface area contributed by atoms with Crippen molar-refractivity contribution in [2.24, 2.45) is 5.73 Å². The Hall–Kier alpha value is -2.35. The Morgan fingerprint density at radius 1 is 1.16 bits per heavy atom. The molecule has 0 aliphatic carbocycles. The lowest BCUT2D eigenvalue weighted by Gasteiger charge is -2.36. The summed E-state index contributed by atoms with van der Waals surface area (Å²) < 4.78 is 11.7. The Morgan fingerprint density at radius 3 is 2.29 bits per heavy atom. The molecule has 1 unspecified atom stereocenters. The van der Waals surface area contributed by atoms with Gasteiger partial charge in [-0.1, -0.05) is 20.8 Å². The highest BCUT2D eigenvalue weighted by Crippen LogP contribution is 2.38. The van der Waals surface area contributed by atoms with Gasteiger partial charge in [0.05, 0.1) is 0 Å². The maximum atomic E-state index is 12.9. The maximum Gasteiger partial charge on any atom is 0.306 e. The van der Waals surface area contributed by atoms with Crippen LogP contribution in [0.5, 0.6) is 5.75 Å². The Morgan fingerprint density at radius 2 is 1.77 bits per heavy atom. The molecule has 0 aromatic heterocycles. The van der Waals surface area contributed by atoms with Crippen molar-refractivity contribution in [2.75, 3.05) is 0 Å². The van der Waals surface area contributed by atoms with Gasteiger partial charge in [0.25, 0.3) is 5.91 Å². The molecule has 0 saturated heterocycles. The van der Waals surface area contributed by atoms with Crippen molar-refractivity contribution in [1.29, 1.82) is 0 Å². The van der Waals surface area contributed by atoms with E-state index in [9.17, 15) is 14.4 Å². The number of carbonyl (C=O) groups excluding carboxylic acids is 3. The van der Waals surface area contributed by atoms with Gasteiger partial charge in [-0.05, 0) is 69.1 Å². The second kappa shape index (κ2) is 8.65. The van der Waals surface area contributed by atoms with Crippen LogP contribution in [-0.2, 0) is 20.9 Å². The van der Waals surface area contributed by atoms with Gasteiger partial charge in [0, 0.05) is 18.5 Å². The zero-order valence-electron chi connectivity index (χ0n) is 20.0. The quantitative estimate of drug-likeness (QED) is 0.502. The number of nitrogens with two attached hydrogens (primary N) is 1. The molecule has 8 heteroatoms. The van der Waals surface area contributed by atoms with Crippen molar-refractivity contribution in [1.82, 2.24) is 4.90 Å². The third-order valence-electron chi connectivity index (χ3n) is 5.83. The Balaban J connectivity index is 2.16. The third kappa shape index (κ3) is 6.09. The molecule has 1 heterocycles. The second-order valence-corrected chi connectivity index (χ2v) is 15.4. The number of amides is 2. The van der Waals surface area contributed by atoms with E-state index in [4.69, 9.17) is 14.9 Å². The predicted octanol–water partition coefficient (Wildman–Crippen LogP) is 4.00. The number of primary amides is 1. The van der Waals surface area contributed by atoms with E-state index in [-0.39, 0.29) is 30.3 Å². The number of nitrogens with zero attached hydrogens (tertiary/aromatic N) is 1. The fourth-order valence-corrected chi connectivity index (χ4v) is 4.20. The lowest BCUT2D eigenvalue weighted by molar-refractivity contribution is -0.155. The van der Waals surface area contributed by atoms with Gasteiger partial charge in [0.2, 0.25) is 14.2 Å². The summed E-state index contributed by atoms with van der Waals surface area (Å²) in [6.45, 7) is 16.4. The number of benzene rings is 1. The van der Waals surface area contributed by atoms with Gasteiger partial charge < -0.3 is 19.8 Å². The van der Waals surface area contributed by atoms with E-state index in [2.05, 4.69) is 33.9 Å². The van der Waals surface area contributed by atoms with Gasteiger partial charge in [-0.15, -0.1) is 0 Å². The van der Waals surface area contributed by atoms with Crippen LogP contribution in [0.2, 0.25) is 18.1 Å². The fraction of sp³-hybridized carbons (Fsp3) is 0.609. The first-order valence-electron chi connectivity index (χ1n) is 10.7. The second-order valence-electron chi connectivity index (χ2n) is 10.7. The minimum absolute atomic E-state index is 0.00470. The van der Waals surface area contributed by atoms with E-state index in [1.807, 2.05) is 6.07 Å². The molecule has 1 aliphatic rings. The molecule has 0 bridgehead atoms. The molecule has 2 amide bonds. The number of hydrogen-bond donors (Lipinski definition) is 1. The molecule has 1 aliphatic heterocycles. The molecular formula is C23H36N2O5Si. The average Bonchev–Trinajstić information content (AvgIpc) is 2.88. The summed E-state index contributed by atoms with van der Waals surface area (Å²) in [5, 5.41) is 0.0482. The number of fused-ring (bicyclic) bond motifs is 1. The summed E-state index contributed by atoms with van der Waals surface area (Å²) in [5.74, 6) is -0.596. The molecule has 2 N–H and O–H groups in total. The van der Waals surface area contributed by atoms with Crippen LogP contribution < -0.4 is 10.2 Å². The molecule has 0 spiro atoms. The largest absolute Gasteiger partial charge is 0.543 e. The van der Waals surface area contributed by atoms with Gasteiger partial charge >= 0.3 is 5.97 Å². The average molecular weight is 449 g/mol. The summed E-state index contributed by atoms with van der Waals surface area (Å²) in [6.07, 6.45) is 0.127. The van der Waals surface area contributed by atoms with Crippen LogP contribution in [0.3, 0.4) is 0 Å². The van der Waals surface area contributed by atoms with Crippen LogP contribution in [0.15, 0.2) is 18.2 Å². The van der Waals surface area contributed by atoms with Crippen molar-refractivity contribution in [3.8, 4) is 5.75 Å². The van der Waals surface area contributed by atoms with Crippen molar-refractivity contribution in [3.63, 3.8) is 0 Å². The standard InChI is InChI=1S/C23H36N2O5Si/c1-22(2,3)29-19(26)12-11-18(20(24)27)25-14-15-13-16(9-10-17(15)21(25)28)30-31(7,8)23(4,5)6/h9-10,13,18H,11-12,14H2,1-8H3,(H2,24,27). The van der Waals surface area contributed by atoms with Crippen molar-refractivity contribution in [3.05, 3.63) is 29.3 Å². The SMILES string of the molecule is CC(C)(C)OC(=O)CCC(C(N)=O)N1Cc2cc(O[Si](C)(C)C(C)(C)C)ccc2C1=O. The lowest BCUT2D eigenvalue weighted by Crippen LogP contribution is -2.45. The zero-order valence-corrected chi connectivity index (χ0v) is 21.0. The number of esters is 1. The van der Waals surface area contributed by atoms with Gasteiger partial charge in [0.15, 0.2) is 0 Å². The number of rotatable bonds is 7. The molecule has 1 atom stereocenters. The number of ether oxygens (including phenoxy) is 1. The Bertz CT molecular complexity index is 868. The van der Waals surface area contributed by atoms with Gasteiger partial charge in [-0.25, -0.2) is 0 Å². The normalized spacial score (nSPS) is 15.5. The first-order valence-corrected chi connectivity index (χ1v) is 13.6. The number of hydrogen-bond acceptors (Lipinski definition) is 5.